The third kappa shape index (κ3) is 27.9. The van der Waals surface area contributed by atoms with Gasteiger partial charge in [0, 0.05) is 52.2 Å². The molecule has 8 heterocycles. The van der Waals surface area contributed by atoms with Crippen LogP contribution in [0.1, 0.15) is 117 Å². The van der Waals surface area contributed by atoms with E-state index in [9.17, 15) is 76.3 Å². The predicted molar refractivity (Wildman–Crippen MR) is 369 cm³/mol. The van der Waals surface area contributed by atoms with E-state index in [2.05, 4.69) is 80.1 Å². The fourth-order valence-corrected chi connectivity index (χ4v) is 10.1. The molecule has 592 valence electrons. The van der Waals surface area contributed by atoms with Gasteiger partial charge in [0.25, 0.3) is 6.47 Å². The van der Waals surface area contributed by atoms with Crippen molar-refractivity contribution < 1.29 is 172 Å². The summed E-state index contributed by atoms with van der Waals surface area (Å²) >= 11 is 29.2. The zero-order valence-electron chi connectivity index (χ0n) is 61.0. The van der Waals surface area contributed by atoms with E-state index < -0.39 is 101 Å². The number of carbonyl (C=O) groups is 5. The van der Waals surface area contributed by atoms with Crippen LogP contribution in [0.3, 0.4) is 0 Å². The Kier molecular flexibility index (Phi) is 37.3. The van der Waals surface area contributed by atoms with Crippen LogP contribution in [-0.4, -0.2) is 144 Å². The molecule has 0 bridgehead atoms. The van der Waals surface area contributed by atoms with E-state index in [0.29, 0.717) is 74.7 Å². The molecule has 0 radical (unpaired) electrons. The molecule has 0 aliphatic heterocycles. The van der Waals surface area contributed by atoms with Crippen LogP contribution in [0.2, 0.25) is 20.1 Å². The van der Waals surface area contributed by atoms with E-state index in [1.54, 1.807) is 84.2 Å². The third-order valence-corrected chi connectivity index (χ3v) is 14.8. The van der Waals surface area contributed by atoms with Gasteiger partial charge in [0.15, 0.2) is 11.4 Å². The molecule has 0 aliphatic carbocycles. The average Bonchev–Trinajstić information content (AvgIpc) is 1.72. The topological polar surface area (TPSA) is 340 Å². The van der Waals surface area contributed by atoms with Crippen LogP contribution >= 0.6 is 58.0 Å². The Morgan fingerprint density at radius 1 is 0.487 bits per heavy atom. The molecule has 1 N–H and O–H groups in total. The van der Waals surface area contributed by atoms with Gasteiger partial charge in [-0.25, -0.2) is 28.5 Å². The summed E-state index contributed by atoms with van der Waals surface area (Å²) in [4.78, 5) is 75.0. The van der Waals surface area contributed by atoms with Gasteiger partial charge >= 0.3 is 108 Å². The Bertz CT molecular complexity index is 5210. The number of nitrogens with zero attached hydrogens (tertiary/aromatic N) is 15. The molecule has 27 nitrogen and oxygen atoms in total. The molecule has 0 saturated heterocycles. The van der Waals surface area contributed by atoms with Crippen LogP contribution in [0, 0.1) is 0 Å². The third-order valence-electron chi connectivity index (χ3n) is 13.7. The number of aromatic nitrogens is 16. The second kappa shape index (κ2) is 44.6. The fourth-order valence-electron chi connectivity index (χ4n) is 9.28. The Morgan fingerprint density at radius 2 is 0.841 bits per heavy atom. The van der Waals surface area contributed by atoms with Crippen molar-refractivity contribution in [2.45, 2.75) is 77.9 Å². The summed E-state index contributed by atoms with van der Waals surface area (Å²) in [6, 6.07) is 28.0. The van der Waals surface area contributed by atoms with E-state index >= 15 is 0 Å². The summed E-state index contributed by atoms with van der Waals surface area (Å²) in [6.45, 7) is 5.15. The van der Waals surface area contributed by atoms with E-state index in [4.69, 9.17) is 74.2 Å². The normalized spacial score (nSPS) is 11.1. The molecule has 0 amide bonds. The molecule has 0 aliphatic rings. The van der Waals surface area contributed by atoms with Crippen molar-refractivity contribution in [3.8, 4) is 0 Å². The maximum Gasteiger partial charge on any atom is 1.00 e. The minimum absolute atomic E-state index is 0. The quantitative estimate of drug-likeness (QED) is 0.0138. The number of H-pyrrole nitrogens is 1. The summed E-state index contributed by atoms with van der Waals surface area (Å²) in [6.07, 6.45) is -13.0. The zero-order chi connectivity index (χ0) is 82.8. The minimum atomic E-state index is -4.82. The molecule has 0 saturated carbocycles. The second-order valence-electron chi connectivity index (χ2n) is 21.3. The van der Waals surface area contributed by atoms with Crippen LogP contribution in [0.4, 0.5) is 57.1 Å². The van der Waals surface area contributed by atoms with Crippen molar-refractivity contribution in [2.75, 3.05) is 33.6 Å². The Balaban J connectivity index is 0.000000370. The van der Waals surface area contributed by atoms with Gasteiger partial charge in [0.2, 0.25) is 34.2 Å². The van der Waals surface area contributed by atoms with Gasteiger partial charge in [-0.15, -0.1) is 37.1 Å². The Morgan fingerprint density at radius 3 is 1.22 bits per heavy atom. The van der Waals surface area contributed by atoms with Crippen molar-refractivity contribution in [3.05, 3.63) is 210 Å². The molecule has 0 atom stereocenters. The summed E-state index contributed by atoms with van der Waals surface area (Å²) < 4.78 is 191. The van der Waals surface area contributed by atoms with E-state index in [0.717, 1.165) is 31.3 Å². The van der Waals surface area contributed by atoms with Gasteiger partial charge in [0.05, 0.1) is 96.7 Å². The standard InChI is InChI=1S/3C16H12ClF3N4O2.C10H7Cl2N.C6H6F3N3O2.CH3F.CH2O3.2Na.H/c1-2-26-15(25)13-14(16(18,19)20)22-23-24(13)8-9-3-4-12-10(5-9)6-11(17)7-21-12;1-2-26-15(25)13-14(16(18,19)20)24(23-22-13)8-9-3-4-12-10(5-9)6-11(17)7-21-12;1-2-26-15(25)13-14(16(18,19)20)23-24(22-13)8-9-3-4-12-10(5-9)6-11(17)7-21-12;11-5-7-1-2-10-8(3-7)4-9(12)6-13-10;1-2-14-5(13)3-4(6(7,8)9)11-12-10-3;1-2;2-1-4-3;;;/h3*3-7H,2,8H2,1H3;1-4,6H,5H2;2H2,1H3,(H,10,11,12);1H3;1,3H;;;/q;;;;;;;2*+1;-1/p-1/i;;;;;1D;;;;. The Hall–Kier alpha value is -9.07. The van der Waals surface area contributed by atoms with Gasteiger partial charge in [-0.05, 0) is 123 Å². The monoisotopic (exact) mass is 1720 g/mol. The molecule has 4 aromatic carbocycles. The van der Waals surface area contributed by atoms with Crippen LogP contribution in [0.15, 0.2) is 122 Å². The number of hydrogen-bond donors (Lipinski definition) is 1. The number of rotatable bonds is 16. The maximum atomic E-state index is 13.4. The molecule has 12 aromatic rings. The first-order valence-electron chi connectivity index (χ1n) is 31.7. The van der Waals surface area contributed by atoms with Gasteiger partial charge in [0.1, 0.15) is 0 Å². The number of hydrogen-bond acceptors (Lipinski definition) is 23. The molecule has 113 heavy (non-hydrogen) atoms. The van der Waals surface area contributed by atoms with Gasteiger partial charge < -0.3 is 30.5 Å². The molecular weight excluding hydrogens is 1660 g/mol. The zero-order valence-corrected chi connectivity index (χ0v) is 66.8. The van der Waals surface area contributed by atoms with E-state index in [-0.39, 0.29) is 113 Å². The van der Waals surface area contributed by atoms with Gasteiger partial charge in [-0.1, -0.05) is 81.1 Å². The van der Waals surface area contributed by atoms with Crippen molar-refractivity contribution in [2.24, 2.45) is 0 Å². The number of nitrogens with one attached hydrogen (secondary N) is 1. The van der Waals surface area contributed by atoms with Crippen LogP contribution in [0.25, 0.3) is 43.6 Å². The molecule has 8 aromatic heterocycles. The summed E-state index contributed by atoms with van der Waals surface area (Å²) in [5, 5.41) is 41.7. The largest absolute Gasteiger partial charge is 1.00 e. The van der Waals surface area contributed by atoms with Crippen molar-refractivity contribution in [1.82, 2.24) is 80.3 Å². The number of benzene rings is 4. The predicted octanol–water partition coefficient (Wildman–Crippen LogP) is 8.94. The Labute approximate surface area is 700 Å². The van der Waals surface area contributed by atoms with Crippen molar-refractivity contribution in [1.29, 1.82) is 0 Å². The number of esters is 4. The summed E-state index contributed by atoms with van der Waals surface area (Å²) in [5.74, 6) is -4.09. The number of pyridine rings is 4. The number of carbonyl (C=O) groups excluding carboxylic acids is 5. The molecule has 0 unspecified atom stereocenters. The number of halogens is 18. The van der Waals surface area contributed by atoms with Crippen molar-refractivity contribution in [3.63, 3.8) is 0 Å². The molecular formula is C66H54Cl5F13N16Na2O11. The number of fused-ring (bicyclic) bond motifs is 4. The van der Waals surface area contributed by atoms with E-state index in [1.165, 1.54) is 46.3 Å². The number of aromatic amines is 1. The van der Waals surface area contributed by atoms with Crippen LogP contribution < -0.4 is 64.4 Å². The molecule has 0 fully saturated rings. The van der Waals surface area contributed by atoms with Crippen molar-refractivity contribution >= 4 is 132 Å². The first-order valence-corrected chi connectivity index (χ1v) is 33.0. The summed E-state index contributed by atoms with van der Waals surface area (Å²) in [5.41, 5.74) is -2.86. The SMILES string of the molecule is CCOC(=O)c1c(C(F)(F)F)nnn1Cc1ccc2ncc(Cl)cc2c1.CCOC(=O)c1n[nH]nc1C(F)(F)F.CCOC(=O)c1nn(Cc2ccc3ncc(Cl)cc3c2)nc1C(F)(F)F.CCOC(=O)c1nnn(Cc2ccc3ncc(Cl)cc3c2)c1C(F)(F)F.ClCc1ccc2ncc(Cl)cc2c1.O=CO[O-].[2H]CF.[H-].[Na+].[Na+]. The number of alkyl halides is 14. The van der Waals surface area contributed by atoms with Crippen LogP contribution in [0.5, 0.6) is 0 Å². The van der Waals surface area contributed by atoms with Gasteiger partial charge in [-0.3, -0.25) is 29.1 Å². The minimum Gasteiger partial charge on any atom is -1.00 e. The number of ether oxygens (including phenoxy) is 4. The van der Waals surface area contributed by atoms with Gasteiger partial charge in [-0.2, -0.15) is 67.8 Å². The smallest absolute Gasteiger partial charge is 1.00 e. The fraction of sp³-hybridized carbons (Fsp3) is 0.258. The van der Waals surface area contributed by atoms with E-state index in [1.807, 2.05) is 24.3 Å². The average molecular weight is 1720 g/mol. The van der Waals surface area contributed by atoms with Crippen LogP contribution in [-0.2, 0) is 78.8 Å². The first kappa shape index (κ1) is 94.5. The molecule has 47 heteroatoms. The molecule has 12 rings (SSSR count). The molecule has 0 spiro atoms. The second-order valence-corrected chi connectivity index (χ2v) is 23.3. The maximum absolute atomic E-state index is 13.4. The summed E-state index contributed by atoms with van der Waals surface area (Å²) in [7, 11) is -1.00. The first-order chi connectivity index (χ1) is 52.9.